The van der Waals surface area contributed by atoms with Crippen molar-refractivity contribution in [3.63, 3.8) is 0 Å². The van der Waals surface area contributed by atoms with E-state index in [2.05, 4.69) is 9.97 Å². The van der Waals surface area contributed by atoms with E-state index in [0.717, 1.165) is 29.3 Å². The number of nitrogens with zero attached hydrogens (tertiary/aromatic N) is 1. The molecule has 4 aliphatic carbocycles. The van der Waals surface area contributed by atoms with Crippen LogP contribution in [0.4, 0.5) is 0 Å². The Kier molecular flexibility index (Phi) is 2.32. The first kappa shape index (κ1) is 11.5. The molecule has 0 radical (unpaired) electrons. The molecule has 4 heteroatoms. The number of carbonyl (C=O) groups is 1. The van der Waals surface area contributed by atoms with Crippen LogP contribution in [0.3, 0.4) is 0 Å². The molecular formula is C15H20N2O2. The molecule has 2 N–H and O–H groups in total. The lowest BCUT2D eigenvalue weighted by molar-refractivity contribution is -0.136. The normalized spacial score (nSPS) is 39.7. The zero-order valence-electron chi connectivity index (χ0n) is 11.1. The molecular weight excluding hydrogens is 240 g/mol. The van der Waals surface area contributed by atoms with Gasteiger partial charge >= 0.3 is 5.97 Å². The van der Waals surface area contributed by atoms with Crippen molar-refractivity contribution in [3.8, 4) is 0 Å². The molecule has 1 heterocycles. The Bertz CT molecular complexity index is 485. The van der Waals surface area contributed by atoms with Gasteiger partial charge < -0.3 is 10.1 Å². The highest BCUT2D eigenvalue weighted by Gasteiger charge is 2.52. The summed E-state index contributed by atoms with van der Waals surface area (Å²) in [4.78, 5) is 18.6. The van der Waals surface area contributed by atoms with Gasteiger partial charge in [-0.25, -0.2) is 4.98 Å². The number of aromatic amines is 1. The molecule has 0 spiro atoms. The number of aromatic nitrogens is 2. The Balaban J connectivity index is 1.64. The van der Waals surface area contributed by atoms with Crippen LogP contribution >= 0.6 is 0 Å². The van der Waals surface area contributed by atoms with E-state index in [1.165, 1.54) is 38.5 Å². The number of imidazole rings is 1. The fourth-order valence-electron chi connectivity index (χ4n) is 5.28. The predicted octanol–water partition coefficient (Wildman–Crippen LogP) is 2.50. The average Bonchev–Trinajstić information content (AvgIpc) is 2.75. The van der Waals surface area contributed by atoms with Gasteiger partial charge in [0.05, 0.1) is 6.42 Å². The first-order valence-electron chi connectivity index (χ1n) is 7.39. The Morgan fingerprint density at radius 1 is 1.26 bits per heavy atom. The van der Waals surface area contributed by atoms with Crippen LogP contribution in [0.25, 0.3) is 0 Å². The van der Waals surface area contributed by atoms with Gasteiger partial charge in [-0.1, -0.05) is 0 Å². The van der Waals surface area contributed by atoms with Crippen molar-refractivity contribution in [2.45, 2.75) is 50.4 Å². The van der Waals surface area contributed by atoms with Crippen molar-refractivity contribution in [1.29, 1.82) is 0 Å². The summed E-state index contributed by atoms with van der Waals surface area (Å²) in [5.74, 6) is 2.95. The molecule has 1 aromatic heterocycles. The van der Waals surface area contributed by atoms with Gasteiger partial charge in [-0.15, -0.1) is 0 Å². The smallest absolute Gasteiger partial charge is 0.309 e. The fraction of sp³-hybridized carbons (Fsp3) is 0.733. The molecule has 4 aliphatic rings. The van der Waals surface area contributed by atoms with Crippen molar-refractivity contribution < 1.29 is 9.90 Å². The Hall–Kier alpha value is -1.32. The molecule has 0 amide bonds. The van der Waals surface area contributed by atoms with Crippen LogP contribution in [0.15, 0.2) is 6.20 Å². The first-order valence-corrected chi connectivity index (χ1v) is 7.39. The second kappa shape index (κ2) is 3.84. The zero-order chi connectivity index (χ0) is 13.0. The van der Waals surface area contributed by atoms with Crippen molar-refractivity contribution >= 4 is 5.97 Å². The van der Waals surface area contributed by atoms with Crippen LogP contribution in [0.2, 0.25) is 0 Å². The van der Waals surface area contributed by atoms with Gasteiger partial charge in [0, 0.05) is 17.3 Å². The predicted molar refractivity (Wildman–Crippen MR) is 69.8 cm³/mol. The lowest BCUT2D eigenvalue weighted by atomic mass is 9.49. The van der Waals surface area contributed by atoms with E-state index in [4.69, 9.17) is 5.11 Å². The lowest BCUT2D eigenvalue weighted by Gasteiger charge is -2.56. The SMILES string of the molecule is O=C(O)Cc1cnc(C23CC4CC(CC(C4)C2)C3)[nH]1. The molecule has 0 aliphatic heterocycles. The summed E-state index contributed by atoms with van der Waals surface area (Å²) in [6.07, 6.45) is 9.82. The minimum atomic E-state index is -0.791. The van der Waals surface area contributed by atoms with Crippen molar-refractivity contribution in [2.24, 2.45) is 17.8 Å². The van der Waals surface area contributed by atoms with Crippen LogP contribution < -0.4 is 0 Å². The molecule has 0 aromatic carbocycles. The standard InChI is InChI=1S/C15H20N2O2/c18-13(19)4-12-8-16-14(17-12)15-5-9-1-10(6-15)3-11(2-9)7-15/h8-11H,1-7H2,(H,16,17)(H,18,19). The number of carboxylic acids is 1. The zero-order valence-corrected chi connectivity index (χ0v) is 11.1. The molecule has 4 nitrogen and oxygen atoms in total. The highest BCUT2D eigenvalue weighted by Crippen LogP contribution is 2.60. The minimum absolute atomic E-state index is 0.0549. The fourth-order valence-corrected chi connectivity index (χ4v) is 5.28. The second-order valence-corrected chi connectivity index (χ2v) is 7.03. The van der Waals surface area contributed by atoms with Gasteiger partial charge in [0.25, 0.3) is 0 Å². The van der Waals surface area contributed by atoms with Crippen molar-refractivity contribution in [3.05, 3.63) is 17.7 Å². The maximum atomic E-state index is 10.8. The maximum Gasteiger partial charge on any atom is 0.309 e. The summed E-state index contributed by atoms with van der Waals surface area (Å²) in [5, 5.41) is 8.86. The van der Waals surface area contributed by atoms with Gasteiger partial charge in [-0.05, 0) is 56.3 Å². The van der Waals surface area contributed by atoms with E-state index in [-0.39, 0.29) is 11.8 Å². The van der Waals surface area contributed by atoms with E-state index in [1.807, 2.05) is 0 Å². The van der Waals surface area contributed by atoms with Crippen LogP contribution in [-0.4, -0.2) is 21.0 Å². The Morgan fingerprint density at radius 3 is 2.37 bits per heavy atom. The Labute approximate surface area is 112 Å². The first-order chi connectivity index (χ1) is 9.13. The molecule has 19 heavy (non-hydrogen) atoms. The molecule has 1 aromatic rings. The van der Waals surface area contributed by atoms with E-state index in [9.17, 15) is 4.79 Å². The summed E-state index contributed by atoms with van der Waals surface area (Å²) in [6.45, 7) is 0. The van der Waals surface area contributed by atoms with Crippen molar-refractivity contribution in [1.82, 2.24) is 9.97 Å². The summed E-state index contributed by atoms with van der Waals surface area (Å²) in [6, 6.07) is 0. The molecule has 0 saturated heterocycles. The van der Waals surface area contributed by atoms with Crippen LogP contribution in [-0.2, 0) is 16.6 Å². The number of hydrogen-bond donors (Lipinski definition) is 2. The van der Waals surface area contributed by atoms with E-state index >= 15 is 0 Å². The van der Waals surface area contributed by atoms with E-state index in [0.29, 0.717) is 0 Å². The third-order valence-corrected chi connectivity index (χ3v) is 5.51. The summed E-state index contributed by atoms with van der Waals surface area (Å²) in [7, 11) is 0. The number of nitrogens with one attached hydrogen (secondary N) is 1. The third kappa shape index (κ3) is 1.80. The molecule has 4 fully saturated rings. The molecule has 5 rings (SSSR count). The van der Waals surface area contributed by atoms with Gasteiger partial charge in [0.1, 0.15) is 5.82 Å². The number of hydrogen-bond acceptors (Lipinski definition) is 2. The van der Waals surface area contributed by atoms with Crippen LogP contribution in [0, 0.1) is 17.8 Å². The number of carboxylic acid groups (broad SMARTS) is 1. The molecule has 102 valence electrons. The monoisotopic (exact) mass is 260 g/mol. The summed E-state index contributed by atoms with van der Waals surface area (Å²) >= 11 is 0. The average molecular weight is 260 g/mol. The minimum Gasteiger partial charge on any atom is -0.481 e. The molecule has 0 atom stereocenters. The van der Waals surface area contributed by atoms with E-state index < -0.39 is 5.97 Å². The van der Waals surface area contributed by atoms with Crippen molar-refractivity contribution in [2.75, 3.05) is 0 Å². The highest BCUT2D eigenvalue weighted by atomic mass is 16.4. The highest BCUT2D eigenvalue weighted by molar-refractivity contribution is 5.69. The third-order valence-electron chi connectivity index (χ3n) is 5.51. The van der Waals surface area contributed by atoms with Gasteiger partial charge in [0.15, 0.2) is 0 Å². The van der Waals surface area contributed by atoms with Crippen LogP contribution in [0.1, 0.15) is 50.0 Å². The lowest BCUT2D eigenvalue weighted by Crippen LogP contribution is -2.49. The number of H-pyrrole nitrogens is 1. The summed E-state index contributed by atoms with van der Waals surface area (Å²) < 4.78 is 0. The number of aliphatic carboxylic acids is 1. The largest absolute Gasteiger partial charge is 0.481 e. The maximum absolute atomic E-state index is 10.8. The summed E-state index contributed by atoms with van der Waals surface area (Å²) in [5.41, 5.74) is 0.990. The second-order valence-electron chi connectivity index (χ2n) is 7.03. The van der Waals surface area contributed by atoms with Gasteiger partial charge in [0.2, 0.25) is 0 Å². The van der Waals surface area contributed by atoms with Crippen LogP contribution in [0.5, 0.6) is 0 Å². The van der Waals surface area contributed by atoms with Gasteiger partial charge in [-0.2, -0.15) is 0 Å². The molecule has 4 bridgehead atoms. The number of rotatable bonds is 3. The molecule has 4 saturated carbocycles. The quantitative estimate of drug-likeness (QED) is 0.877. The Morgan fingerprint density at radius 2 is 1.84 bits per heavy atom. The topological polar surface area (TPSA) is 66.0 Å². The van der Waals surface area contributed by atoms with E-state index in [1.54, 1.807) is 6.20 Å². The molecule has 0 unspecified atom stereocenters. The van der Waals surface area contributed by atoms with Gasteiger partial charge in [-0.3, -0.25) is 4.79 Å².